The highest BCUT2D eigenvalue weighted by Crippen LogP contribution is 2.54. The van der Waals surface area contributed by atoms with Crippen LogP contribution in [0.15, 0.2) is 18.2 Å². The number of benzene rings is 1. The van der Waals surface area contributed by atoms with E-state index in [-0.39, 0.29) is 11.5 Å². The smallest absolute Gasteiger partial charge is 0.398 e. The monoisotopic (exact) mass is 303 g/mol. The molecule has 0 heterocycles. The van der Waals surface area contributed by atoms with Gasteiger partial charge in [-0.1, -0.05) is 19.9 Å². The van der Waals surface area contributed by atoms with E-state index in [1.54, 1.807) is 13.8 Å². The van der Waals surface area contributed by atoms with Gasteiger partial charge in [-0.3, -0.25) is 0 Å². The van der Waals surface area contributed by atoms with E-state index >= 15 is 0 Å². The molecular formula is C12H12F7N. The zero-order valence-corrected chi connectivity index (χ0v) is 10.5. The van der Waals surface area contributed by atoms with Crippen LogP contribution < -0.4 is 5.73 Å². The first kappa shape index (κ1) is 16.6. The van der Waals surface area contributed by atoms with Crippen molar-refractivity contribution in [2.24, 2.45) is 0 Å². The van der Waals surface area contributed by atoms with Crippen molar-refractivity contribution in [2.75, 3.05) is 5.73 Å². The molecule has 1 rings (SSSR count). The van der Waals surface area contributed by atoms with E-state index in [1.165, 1.54) is 6.07 Å². The minimum atomic E-state index is -6.16. The Bertz CT molecular complexity index is 474. The van der Waals surface area contributed by atoms with Crippen LogP contribution >= 0.6 is 0 Å². The second kappa shape index (κ2) is 4.82. The first-order valence-electron chi connectivity index (χ1n) is 5.54. The van der Waals surface area contributed by atoms with Gasteiger partial charge in [-0.25, -0.2) is 4.39 Å². The quantitative estimate of drug-likeness (QED) is 0.623. The first-order chi connectivity index (χ1) is 8.82. The Morgan fingerprint density at radius 3 is 1.70 bits per heavy atom. The van der Waals surface area contributed by atoms with E-state index in [0.29, 0.717) is 6.07 Å². The van der Waals surface area contributed by atoms with E-state index < -0.39 is 29.3 Å². The molecule has 8 heteroatoms. The molecule has 0 saturated heterocycles. The Kier molecular flexibility index (Phi) is 4.00. The van der Waals surface area contributed by atoms with Gasteiger partial charge in [0.05, 0.1) is 0 Å². The van der Waals surface area contributed by atoms with E-state index in [9.17, 15) is 30.7 Å². The Morgan fingerprint density at radius 1 is 0.900 bits per heavy atom. The van der Waals surface area contributed by atoms with Gasteiger partial charge in [-0.2, -0.15) is 26.3 Å². The summed E-state index contributed by atoms with van der Waals surface area (Å²) < 4.78 is 89.8. The van der Waals surface area contributed by atoms with Crippen LogP contribution in [0.25, 0.3) is 0 Å². The summed E-state index contributed by atoms with van der Waals surface area (Å²) in [6.07, 6.45) is -12.3. The fourth-order valence-corrected chi connectivity index (χ4v) is 1.70. The topological polar surface area (TPSA) is 26.0 Å². The van der Waals surface area contributed by atoms with Gasteiger partial charge in [0.15, 0.2) is 0 Å². The van der Waals surface area contributed by atoms with Gasteiger partial charge in [-0.05, 0) is 23.6 Å². The molecule has 1 nitrogen and oxygen atoms in total. The molecule has 0 aliphatic carbocycles. The van der Waals surface area contributed by atoms with Gasteiger partial charge in [0, 0.05) is 11.3 Å². The largest absolute Gasteiger partial charge is 0.436 e. The fourth-order valence-electron chi connectivity index (χ4n) is 1.70. The number of halogens is 7. The fraction of sp³-hybridized carbons (Fsp3) is 0.500. The maximum atomic E-state index is 13.9. The predicted molar refractivity (Wildman–Crippen MR) is 59.8 cm³/mol. The van der Waals surface area contributed by atoms with Crippen molar-refractivity contribution in [3.63, 3.8) is 0 Å². The van der Waals surface area contributed by atoms with E-state index in [2.05, 4.69) is 0 Å². The highest BCUT2D eigenvalue weighted by molar-refractivity contribution is 5.53. The number of nitrogens with two attached hydrogens (primary N) is 1. The number of alkyl halides is 7. The Morgan fingerprint density at radius 2 is 1.35 bits per heavy atom. The van der Waals surface area contributed by atoms with Crippen LogP contribution in [0, 0.1) is 0 Å². The number of nitrogen functional groups attached to an aromatic ring is 1. The Hall–Kier alpha value is -1.47. The molecule has 20 heavy (non-hydrogen) atoms. The van der Waals surface area contributed by atoms with Gasteiger partial charge < -0.3 is 5.73 Å². The van der Waals surface area contributed by atoms with Crippen molar-refractivity contribution >= 4 is 5.69 Å². The lowest BCUT2D eigenvalue weighted by molar-refractivity contribution is -0.348. The normalized spacial score (nSPS) is 13.9. The Labute approximate surface area is 110 Å². The molecule has 0 aliphatic heterocycles. The highest BCUT2D eigenvalue weighted by Gasteiger charge is 2.74. The van der Waals surface area contributed by atoms with Crippen molar-refractivity contribution in [1.82, 2.24) is 0 Å². The van der Waals surface area contributed by atoms with Crippen LogP contribution in [0.5, 0.6) is 0 Å². The van der Waals surface area contributed by atoms with Crippen molar-refractivity contribution in [3.8, 4) is 0 Å². The SMILES string of the molecule is CC(C)c1ccc(N)c(C(F)(C(F)(F)F)C(F)(F)F)c1. The predicted octanol–water partition coefficient (Wildman–Crippen LogP) is 4.68. The number of anilines is 1. The van der Waals surface area contributed by atoms with Crippen molar-refractivity contribution < 1.29 is 30.7 Å². The highest BCUT2D eigenvalue weighted by atomic mass is 19.4. The molecule has 0 aromatic heterocycles. The third kappa shape index (κ3) is 2.55. The molecule has 2 N–H and O–H groups in total. The molecule has 0 aliphatic rings. The number of rotatable bonds is 2. The van der Waals surface area contributed by atoms with Crippen LogP contribution in [0.2, 0.25) is 0 Å². The average molecular weight is 303 g/mol. The zero-order valence-electron chi connectivity index (χ0n) is 10.5. The minimum absolute atomic E-state index is 0.129. The molecule has 0 saturated carbocycles. The van der Waals surface area contributed by atoms with E-state index in [0.717, 1.165) is 6.07 Å². The molecule has 0 amide bonds. The molecule has 1 aromatic rings. The molecule has 0 atom stereocenters. The standard InChI is InChI=1S/C12H12F7N/c1-6(2)7-3-4-9(20)8(5-7)10(13,11(14,15)16)12(17,18)19/h3-6H,20H2,1-2H3. The third-order valence-electron chi connectivity index (χ3n) is 2.90. The molecular weight excluding hydrogens is 291 g/mol. The van der Waals surface area contributed by atoms with Crippen LogP contribution in [0.4, 0.5) is 36.4 Å². The minimum Gasteiger partial charge on any atom is -0.398 e. The second-order valence-corrected chi connectivity index (χ2v) is 4.66. The zero-order chi connectivity index (χ0) is 15.9. The lowest BCUT2D eigenvalue weighted by atomic mass is 9.89. The molecule has 0 bridgehead atoms. The van der Waals surface area contributed by atoms with Crippen molar-refractivity contribution in [2.45, 2.75) is 37.8 Å². The lowest BCUT2D eigenvalue weighted by Crippen LogP contribution is -2.50. The molecule has 0 unspecified atom stereocenters. The molecule has 0 fully saturated rings. The van der Waals surface area contributed by atoms with Crippen LogP contribution in [-0.4, -0.2) is 12.4 Å². The number of hydrogen-bond acceptors (Lipinski definition) is 1. The summed E-state index contributed by atoms with van der Waals surface area (Å²) in [6.45, 7) is 3.10. The summed E-state index contributed by atoms with van der Waals surface area (Å²) in [7, 11) is 0. The van der Waals surface area contributed by atoms with Crippen LogP contribution in [0.1, 0.15) is 30.9 Å². The van der Waals surface area contributed by atoms with Gasteiger partial charge in [0.25, 0.3) is 0 Å². The van der Waals surface area contributed by atoms with Crippen molar-refractivity contribution in [3.05, 3.63) is 29.3 Å². The molecule has 1 aromatic carbocycles. The summed E-state index contributed by atoms with van der Waals surface area (Å²) >= 11 is 0. The maximum absolute atomic E-state index is 13.9. The van der Waals surface area contributed by atoms with Crippen LogP contribution in [0.3, 0.4) is 0 Å². The number of hydrogen-bond donors (Lipinski definition) is 1. The molecule has 0 spiro atoms. The summed E-state index contributed by atoms with van der Waals surface area (Å²) in [5, 5.41) is 0. The van der Waals surface area contributed by atoms with Gasteiger partial charge >= 0.3 is 18.0 Å². The first-order valence-corrected chi connectivity index (χ1v) is 5.54. The summed E-state index contributed by atoms with van der Waals surface area (Å²) in [4.78, 5) is 0. The lowest BCUT2D eigenvalue weighted by Gasteiger charge is -2.31. The summed E-state index contributed by atoms with van der Waals surface area (Å²) in [5.41, 5.74) is -2.75. The molecule has 114 valence electrons. The third-order valence-corrected chi connectivity index (χ3v) is 2.90. The van der Waals surface area contributed by atoms with Crippen LogP contribution in [-0.2, 0) is 5.67 Å². The van der Waals surface area contributed by atoms with E-state index in [4.69, 9.17) is 5.73 Å². The van der Waals surface area contributed by atoms with Gasteiger partial charge in [0.1, 0.15) is 0 Å². The Balaban J connectivity index is 3.63. The van der Waals surface area contributed by atoms with Gasteiger partial charge in [0.2, 0.25) is 0 Å². The summed E-state index contributed by atoms with van der Waals surface area (Å²) in [6, 6.07) is 2.62. The maximum Gasteiger partial charge on any atom is 0.436 e. The average Bonchev–Trinajstić information content (AvgIpc) is 2.25. The second-order valence-electron chi connectivity index (χ2n) is 4.66. The van der Waals surface area contributed by atoms with E-state index in [1.807, 2.05) is 0 Å². The van der Waals surface area contributed by atoms with Crippen molar-refractivity contribution in [1.29, 1.82) is 0 Å². The summed E-state index contributed by atoms with van der Waals surface area (Å²) in [5.74, 6) is -0.375. The molecule has 0 radical (unpaired) electrons. The van der Waals surface area contributed by atoms with Gasteiger partial charge in [-0.15, -0.1) is 0 Å².